The predicted molar refractivity (Wildman–Crippen MR) is 169 cm³/mol. The molecule has 242 valence electrons. The van der Waals surface area contributed by atoms with Gasteiger partial charge in [-0.2, -0.15) is 8.42 Å². The number of hydrogen-bond donors (Lipinski definition) is 2. The van der Waals surface area contributed by atoms with Crippen LogP contribution in [0, 0.1) is 16.7 Å². The summed E-state index contributed by atoms with van der Waals surface area (Å²) in [6.07, 6.45) is 6.71. The van der Waals surface area contributed by atoms with Crippen LogP contribution in [0.5, 0.6) is 0 Å². The van der Waals surface area contributed by atoms with Crippen LogP contribution in [0.15, 0.2) is 24.3 Å². The van der Waals surface area contributed by atoms with E-state index in [0.717, 1.165) is 31.6 Å². The fourth-order valence-corrected chi connectivity index (χ4v) is 9.28. The maximum Gasteiger partial charge on any atom is 0.265 e. The van der Waals surface area contributed by atoms with E-state index in [1.807, 2.05) is 45.9 Å². The predicted octanol–water partition coefficient (Wildman–Crippen LogP) is 4.86. The van der Waals surface area contributed by atoms with Crippen molar-refractivity contribution < 1.29 is 27.4 Å². The van der Waals surface area contributed by atoms with Crippen molar-refractivity contribution in [3.8, 4) is 0 Å². The first kappa shape index (κ1) is 35.5. The minimum atomic E-state index is -4.08. The Bertz CT molecular complexity index is 1280. The summed E-state index contributed by atoms with van der Waals surface area (Å²) in [4.78, 5) is 41.0. The van der Waals surface area contributed by atoms with Gasteiger partial charge in [-0.3, -0.25) is 18.9 Å². The molecule has 1 saturated heterocycles. The van der Waals surface area contributed by atoms with Crippen LogP contribution in [0.1, 0.15) is 91.5 Å². The number of halogens is 1. The number of amides is 2. The first-order valence-corrected chi connectivity index (χ1v) is 17.5. The molecule has 0 radical (unpaired) electrons. The molecular weight excluding hydrogens is 590 g/mol. The van der Waals surface area contributed by atoms with Gasteiger partial charge in [0.25, 0.3) is 10.1 Å². The number of rotatable bonds is 11. The molecule has 9 nitrogen and oxygen atoms in total. The van der Waals surface area contributed by atoms with Crippen molar-refractivity contribution >= 4 is 39.3 Å². The third-order valence-electron chi connectivity index (χ3n) is 10.5. The normalized spacial score (nSPS) is 24.7. The largest absolute Gasteiger partial charge is 0.369 e. The average Bonchev–Trinajstić information content (AvgIpc) is 3.25. The number of piperidine rings is 1. The van der Waals surface area contributed by atoms with Gasteiger partial charge in [-0.25, -0.2) is 0 Å². The summed E-state index contributed by atoms with van der Waals surface area (Å²) >= 11 is 6.51. The lowest BCUT2D eigenvalue weighted by molar-refractivity contribution is -0.132. The summed E-state index contributed by atoms with van der Waals surface area (Å²) in [5.74, 6) is -0.468. The van der Waals surface area contributed by atoms with E-state index in [4.69, 9.17) is 21.9 Å². The lowest BCUT2D eigenvalue weighted by Crippen LogP contribution is -2.48. The fraction of sp³-hybridized carbons (Fsp3) is 0.719. The van der Waals surface area contributed by atoms with Gasteiger partial charge in [0, 0.05) is 31.0 Å². The Labute approximate surface area is 262 Å². The summed E-state index contributed by atoms with van der Waals surface area (Å²) in [5.41, 5.74) is 4.77. The van der Waals surface area contributed by atoms with Gasteiger partial charge in [0.05, 0.1) is 16.6 Å². The highest BCUT2D eigenvalue weighted by Gasteiger charge is 2.65. The van der Waals surface area contributed by atoms with Crippen LogP contribution in [-0.2, 0) is 29.9 Å². The van der Waals surface area contributed by atoms with Gasteiger partial charge in [-0.05, 0) is 95.0 Å². The minimum absolute atomic E-state index is 0.00330. The Balaban J connectivity index is 0.000000282. The molecule has 3 atom stereocenters. The molecule has 3 unspecified atom stereocenters. The second-order valence-corrected chi connectivity index (χ2v) is 15.4. The van der Waals surface area contributed by atoms with Crippen molar-refractivity contribution in [2.45, 2.75) is 97.4 Å². The molecule has 1 aromatic carbocycles. The van der Waals surface area contributed by atoms with Crippen molar-refractivity contribution in [3.63, 3.8) is 0 Å². The molecule has 2 bridgehead atoms. The summed E-state index contributed by atoms with van der Waals surface area (Å²) in [7, 11) is -4.08. The number of carbonyl (C=O) groups is 3. The van der Waals surface area contributed by atoms with Gasteiger partial charge in [-0.15, -0.1) is 0 Å². The lowest BCUT2D eigenvalue weighted by Gasteiger charge is -2.37. The molecule has 2 aliphatic carbocycles. The summed E-state index contributed by atoms with van der Waals surface area (Å²) in [6, 6.07) is 7.53. The number of nitrogens with zero attached hydrogens (tertiary/aromatic N) is 2. The van der Waals surface area contributed by atoms with E-state index in [1.54, 1.807) is 17.9 Å². The average molecular weight is 640 g/mol. The molecule has 1 aliphatic heterocycles. The van der Waals surface area contributed by atoms with E-state index in [9.17, 15) is 22.8 Å². The van der Waals surface area contributed by atoms with Crippen LogP contribution in [-0.4, -0.2) is 78.3 Å². The number of primary amides is 1. The van der Waals surface area contributed by atoms with Crippen LogP contribution in [0.4, 0.5) is 0 Å². The molecule has 3 N–H and O–H groups in total. The number of likely N-dealkylation sites (tertiary alicyclic amines) is 1. The van der Waals surface area contributed by atoms with E-state index in [-0.39, 0.29) is 35.0 Å². The molecule has 43 heavy (non-hydrogen) atoms. The Hall–Kier alpha value is -2.01. The topological polar surface area (TPSA) is 138 Å². The van der Waals surface area contributed by atoms with Gasteiger partial charge >= 0.3 is 0 Å². The zero-order valence-electron chi connectivity index (χ0n) is 26.4. The molecule has 0 aromatic heterocycles. The van der Waals surface area contributed by atoms with Gasteiger partial charge in [-0.1, -0.05) is 50.1 Å². The molecule has 2 amide bonds. The molecule has 11 heteroatoms. The van der Waals surface area contributed by atoms with Crippen LogP contribution >= 0.6 is 11.6 Å². The zero-order valence-corrected chi connectivity index (χ0v) is 28.0. The molecule has 2 saturated carbocycles. The molecule has 4 rings (SSSR count). The Kier molecular flexibility index (Phi) is 11.5. The second kappa shape index (κ2) is 14.0. The van der Waals surface area contributed by atoms with Gasteiger partial charge < -0.3 is 15.5 Å². The van der Waals surface area contributed by atoms with Crippen molar-refractivity contribution in [1.82, 2.24) is 9.80 Å². The SMILES string of the molecule is CC(=O)N(CCC(CCN1CCCCC1)(C(N)=O)c1ccccc1Cl)C(C)C.CC1(C)C2CCC1(CS(=O)(=O)O)C(=O)C2. The standard InChI is InChI=1S/C22H34ClN3O2.C10H16O4S/c1-17(2)26(18(3)27)16-12-22(21(24)28,19-9-5-6-10-20(19)23)11-15-25-13-7-4-8-14-25;1-9(2)7-3-4-10(9,8(11)5-7)6-15(12,13)14/h5-6,9-10,17H,4,7-8,11-16H2,1-3H3,(H2,24,28);7H,3-6H2,1-2H3,(H,12,13,14). The van der Waals surface area contributed by atoms with E-state index in [1.165, 1.54) is 19.3 Å². The smallest absolute Gasteiger partial charge is 0.265 e. The van der Waals surface area contributed by atoms with Crippen LogP contribution < -0.4 is 5.73 Å². The first-order valence-electron chi connectivity index (χ1n) is 15.5. The second-order valence-electron chi connectivity index (χ2n) is 13.5. The summed E-state index contributed by atoms with van der Waals surface area (Å²) < 4.78 is 31.0. The van der Waals surface area contributed by atoms with E-state index in [2.05, 4.69) is 4.90 Å². The highest BCUT2D eigenvalue weighted by atomic mass is 35.5. The van der Waals surface area contributed by atoms with Gasteiger partial charge in [0.2, 0.25) is 11.8 Å². The molecule has 3 fully saturated rings. The number of fused-ring (bicyclic) bond motifs is 2. The number of benzene rings is 1. The molecular formula is C32H50ClN3O6S. The van der Waals surface area contributed by atoms with E-state index in [0.29, 0.717) is 37.3 Å². The first-order chi connectivity index (χ1) is 20.0. The highest BCUT2D eigenvalue weighted by molar-refractivity contribution is 7.85. The number of carbonyl (C=O) groups excluding carboxylic acids is 3. The monoisotopic (exact) mass is 639 g/mol. The number of ketones is 1. The van der Waals surface area contributed by atoms with E-state index < -0.39 is 26.7 Å². The summed E-state index contributed by atoms with van der Waals surface area (Å²) in [6.45, 7) is 12.8. The number of hydrogen-bond acceptors (Lipinski definition) is 6. The minimum Gasteiger partial charge on any atom is -0.369 e. The van der Waals surface area contributed by atoms with E-state index >= 15 is 0 Å². The molecule has 1 aromatic rings. The molecule has 1 heterocycles. The Morgan fingerprint density at radius 2 is 1.79 bits per heavy atom. The fourth-order valence-electron chi connectivity index (χ4n) is 7.66. The van der Waals surface area contributed by atoms with Crippen molar-refractivity contribution in [1.29, 1.82) is 0 Å². The Morgan fingerprint density at radius 3 is 2.26 bits per heavy atom. The van der Waals surface area contributed by atoms with Gasteiger partial charge in [0.15, 0.2) is 0 Å². The number of nitrogens with two attached hydrogens (primary N) is 1. The van der Waals surface area contributed by atoms with Gasteiger partial charge in [0.1, 0.15) is 5.78 Å². The van der Waals surface area contributed by atoms with Crippen molar-refractivity contribution in [2.24, 2.45) is 22.5 Å². The zero-order chi connectivity index (χ0) is 32.2. The van der Waals surface area contributed by atoms with Crippen molar-refractivity contribution in [3.05, 3.63) is 34.9 Å². The van der Waals surface area contributed by atoms with Crippen LogP contribution in [0.3, 0.4) is 0 Å². The van der Waals surface area contributed by atoms with Crippen LogP contribution in [0.2, 0.25) is 5.02 Å². The highest BCUT2D eigenvalue weighted by Crippen LogP contribution is 2.64. The molecule has 3 aliphatic rings. The van der Waals surface area contributed by atoms with Crippen LogP contribution in [0.25, 0.3) is 0 Å². The maximum absolute atomic E-state index is 12.8. The maximum atomic E-state index is 12.8. The number of Topliss-reactive ketones (excluding diaryl/α,β-unsaturated/α-hetero) is 1. The third-order valence-corrected chi connectivity index (χ3v) is 11.7. The summed E-state index contributed by atoms with van der Waals surface area (Å²) in [5, 5.41) is 0.555. The molecule has 0 spiro atoms. The Morgan fingerprint density at radius 1 is 1.16 bits per heavy atom. The quantitative estimate of drug-likeness (QED) is 0.330. The lowest BCUT2D eigenvalue weighted by atomic mass is 9.70. The third kappa shape index (κ3) is 7.81. The van der Waals surface area contributed by atoms with Crippen molar-refractivity contribution in [2.75, 3.05) is 31.9 Å².